The van der Waals surface area contributed by atoms with Crippen molar-refractivity contribution >= 4 is 5.78 Å². The zero-order valence-electron chi connectivity index (χ0n) is 18.8. The smallest absolute Gasteiger partial charge is 0.170 e. The Balaban J connectivity index is 1.24. The number of carbonyl (C=O) groups is 1. The van der Waals surface area contributed by atoms with Gasteiger partial charge in [-0.25, -0.2) is 4.39 Å². The number of rotatable bonds is 9. The average molecular weight is 442 g/mol. The minimum absolute atomic E-state index is 0.182. The summed E-state index contributed by atoms with van der Waals surface area (Å²) in [6, 6.07) is 11.2. The minimum atomic E-state index is -0.324. The first-order valence-electron chi connectivity index (χ1n) is 11.5. The van der Waals surface area contributed by atoms with Crippen LogP contribution in [-0.4, -0.2) is 57.2 Å². The molecule has 0 N–H and O–H groups in total. The van der Waals surface area contributed by atoms with Gasteiger partial charge in [0.2, 0.25) is 0 Å². The molecule has 0 saturated carbocycles. The van der Waals surface area contributed by atoms with Crippen LogP contribution in [0.15, 0.2) is 36.4 Å². The highest BCUT2D eigenvalue weighted by atomic mass is 19.1. The van der Waals surface area contributed by atoms with Crippen molar-refractivity contribution in [3.63, 3.8) is 0 Å². The summed E-state index contributed by atoms with van der Waals surface area (Å²) in [7, 11) is 1.60. The van der Waals surface area contributed by atoms with E-state index in [-0.39, 0.29) is 11.6 Å². The van der Waals surface area contributed by atoms with E-state index < -0.39 is 0 Å². The zero-order chi connectivity index (χ0) is 22.3. The first-order valence-corrected chi connectivity index (χ1v) is 11.5. The van der Waals surface area contributed by atoms with E-state index in [0.717, 1.165) is 62.2 Å². The number of ketones is 1. The molecule has 4 rings (SSSR count). The van der Waals surface area contributed by atoms with Gasteiger partial charge in [0, 0.05) is 20.1 Å². The van der Waals surface area contributed by atoms with E-state index in [4.69, 9.17) is 14.2 Å². The molecule has 0 amide bonds. The van der Waals surface area contributed by atoms with Crippen molar-refractivity contribution < 1.29 is 23.4 Å². The number of likely N-dealkylation sites (tertiary alicyclic amines) is 1. The number of methoxy groups -OCH3 is 1. The van der Waals surface area contributed by atoms with Crippen LogP contribution in [0.1, 0.15) is 40.7 Å². The first-order chi connectivity index (χ1) is 15.6. The molecule has 1 fully saturated rings. The molecule has 0 aromatic heterocycles. The molecule has 0 spiro atoms. The number of benzene rings is 2. The van der Waals surface area contributed by atoms with Gasteiger partial charge in [-0.15, -0.1) is 0 Å². The Morgan fingerprint density at radius 2 is 1.91 bits per heavy atom. The number of piperidine rings is 1. The van der Waals surface area contributed by atoms with Crippen LogP contribution >= 0.6 is 0 Å². The summed E-state index contributed by atoms with van der Waals surface area (Å²) in [5, 5.41) is 0. The monoisotopic (exact) mass is 441 g/mol. The highest BCUT2D eigenvalue weighted by Crippen LogP contribution is 2.27. The van der Waals surface area contributed by atoms with Gasteiger partial charge in [-0.2, -0.15) is 0 Å². The summed E-state index contributed by atoms with van der Waals surface area (Å²) in [6.45, 7) is 4.40. The van der Waals surface area contributed by atoms with Gasteiger partial charge in [0.25, 0.3) is 0 Å². The summed E-state index contributed by atoms with van der Waals surface area (Å²) >= 11 is 0. The predicted octanol–water partition coefficient (Wildman–Crippen LogP) is 4.31. The molecule has 6 heteroatoms. The lowest BCUT2D eigenvalue weighted by Gasteiger charge is -2.32. The van der Waals surface area contributed by atoms with E-state index in [9.17, 15) is 9.18 Å². The van der Waals surface area contributed by atoms with Crippen LogP contribution < -0.4 is 9.47 Å². The van der Waals surface area contributed by atoms with E-state index in [2.05, 4.69) is 11.0 Å². The molecule has 0 aliphatic carbocycles. The van der Waals surface area contributed by atoms with Crippen LogP contribution in [0.5, 0.6) is 11.5 Å². The molecule has 2 aliphatic rings. The Kier molecular flexibility index (Phi) is 7.76. The molecule has 2 heterocycles. The molecule has 1 saturated heterocycles. The second kappa shape index (κ2) is 10.9. The molecule has 0 bridgehead atoms. The molecule has 2 aliphatic heterocycles. The van der Waals surface area contributed by atoms with Gasteiger partial charge >= 0.3 is 0 Å². The second-order valence-electron chi connectivity index (χ2n) is 8.70. The lowest BCUT2D eigenvalue weighted by molar-refractivity contribution is 0.0933. The van der Waals surface area contributed by atoms with Crippen LogP contribution in [0.2, 0.25) is 0 Å². The van der Waals surface area contributed by atoms with Gasteiger partial charge in [-0.1, -0.05) is 12.1 Å². The van der Waals surface area contributed by atoms with Crippen LogP contribution in [0.25, 0.3) is 0 Å². The lowest BCUT2D eigenvalue weighted by Crippen LogP contribution is -2.35. The standard InChI is InChI=1S/C26H32FNO4/c1-30-14-15-32-26-18-21(2-4-23(26)27)16-20-7-11-28(12-8-20)10-6-19-3-5-25-22(17-19)24(29)9-13-31-25/h2-5,17-18,20H,6-16H2,1H3. The summed E-state index contributed by atoms with van der Waals surface area (Å²) < 4.78 is 30.0. The van der Waals surface area contributed by atoms with Crippen molar-refractivity contribution in [1.29, 1.82) is 0 Å². The van der Waals surface area contributed by atoms with E-state index >= 15 is 0 Å². The predicted molar refractivity (Wildman–Crippen MR) is 121 cm³/mol. The maximum atomic E-state index is 14.0. The molecular formula is C26H32FNO4. The van der Waals surface area contributed by atoms with E-state index in [1.54, 1.807) is 7.11 Å². The third-order valence-corrected chi connectivity index (χ3v) is 6.42. The number of hydrogen-bond donors (Lipinski definition) is 0. The number of Topliss-reactive ketones (excluding diaryl/α,β-unsaturated/α-hetero) is 1. The normalized spacial score (nSPS) is 17.1. The lowest BCUT2D eigenvalue weighted by atomic mass is 9.90. The fraction of sp³-hybridized carbons (Fsp3) is 0.500. The van der Waals surface area contributed by atoms with E-state index in [1.807, 2.05) is 24.3 Å². The van der Waals surface area contributed by atoms with Gasteiger partial charge in [0.15, 0.2) is 17.3 Å². The molecule has 5 nitrogen and oxygen atoms in total. The van der Waals surface area contributed by atoms with Gasteiger partial charge in [-0.3, -0.25) is 4.79 Å². The Labute approximate surface area is 189 Å². The molecule has 2 aromatic carbocycles. The molecule has 0 unspecified atom stereocenters. The van der Waals surface area contributed by atoms with Crippen molar-refractivity contribution in [1.82, 2.24) is 4.90 Å². The maximum absolute atomic E-state index is 14.0. The average Bonchev–Trinajstić information content (AvgIpc) is 2.81. The van der Waals surface area contributed by atoms with Crippen molar-refractivity contribution in [2.24, 2.45) is 5.92 Å². The topological polar surface area (TPSA) is 48.0 Å². The van der Waals surface area contributed by atoms with Crippen molar-refractivity contribution in [3.05, 3.63) is 58.9 Å². The molecular weight excluding hydrogens is 409 g/mol. The third-order valence-electron chi connectivity index (χ3n) is 6.42. The third kappa shape index (κ3) is 5.87. The van der Waals surface area contributed by atoms with Crippen molar-refractivity contribution in [2.75, 3.05) is 46.6 Å². The quantitative estimate of drug-likeness (QED) is 0.543. The van der Waals surface area contributed by atoms with Crippen molar-refractivity contribution in [2.45, 2.75) is 32.1 Å². The van der Waals surface area contributed by atoms with Crippen LogP contribution in [0.3, 0.4) is 0 Å². The highest BCUT2D eigenvalue weighted by Gasteiger charge is 2.21. The van der Waals surface area contributed by atoms with E-state index in [0.29, 0.717) is 37.9 Å². The molecule has 0 radical (unpaired) electrons. The molecule has 172 valence electrons. The van der Waals surface area contributed by atoms with Crippen molar-refractivity contribution in [3.8, 4) is 11.5 Å². The molecule has 32 heavy (non-hydrogen) atoms. The van der Waals surface area contributed by atoms with Gasteiger partial charge in [0.1, 0.15) is 12.4 Å². The zero-order valence-corrected chi connectivity index (χ0v) is 18.8. The van der Waals surface area contributed by atoms with Gasteiger partial charge < -0.3 is 19.1 Å². The number of halogens is 1. The first kappa shape index (κ1) is 22.7. The molecule has 2 aromatic rings. The number of nitrogens with zero attached hydrogens (tertiary/aromatic N) is 1. The van der Waals surface area contributed by atoms with Gasteiger partial charge in [0.05, 0.1) is 18.8 Å². The number of fused-ring (bicyclic) bond motifs is 1. The largest absolute Gasteiger partial charge is 0.492 e. The Bertz CT molecular complexity index is 924. The Morgan fingerprint density at radius 1 is 1.09 bits per heavy atom. The fourth-order valence-electron chi connectivity index (χ4n) is 4.52. The van der Waals surface area contributed by atoms with Crippen LogP contribution in [0, 0.1) is 11.7 Å². The fourth-order valence-corrected chi connectivity index (χ4v) is 4.52. The SMILES string of the molecule is COCCOc1cc(CC2CCN(CCc3ccc4c(c3)C(=O)CCO4)CC2)ccc1F. The number of carbonyl (C=O) groups excluding carboxylic acids is 1. The summed E-state index contributed by atoms with van der Waals surface area (Å²) in [5.41, 5.74) is 3.05. The highest BCUT2D eigenvalue weighted by molar-refractivity contribution is 5.99. The number of ether oxygens (including phenoxy) is 3. The molecule has 0 atom stereocenters. The Hall–Kier alpha value is -2.44. The second-order valence-corrected chi connectivity index (χ2v) is 8.70. The minimum Gasteiger partial charge on any atom is -0.492 e. The Morgan fingerprint density at radius 3 is 2.72 bits per heavy atom. The van der Waals surface area contributed by atoms with E-state index in [1.165, 1.54) is 11.6 Å². The van der Waals surface area contributed by atoms with Crippen LogP contribution in [-0.2, 0) is 17.6 Å². The van der Waals surface area contributed by atoms with Crippen LogP contribution in [0.4, 0.5) is 4.39 Å². The maximum Gasteiger partial charge on any atom is 0.170 e. The summed E-state index contributed by atoms with van der Waals surface area (Å²) in [5.74, 6) is 1.49. The number of hydrogen-bond acceptors (Lipinski definition) is 5. The summed E-state index contributed by atoms with van der Waals surface area (Å²) in [4.78, 5) is 14.6. The van der Waals surface area contributed by atoms with Gasteiger partial charge in [-0.05, 0) is 80.1 Å². The summed E-state index contributed by atoms with van der Waals surface area (Å²) in [6.07, 6.45) is 4.62.